The van der Waals surface area contributed by atoms with Crippen LogP contribution in [0.5, 0.6) is 0 Å². The lowest BCUT2D eigenvalue weighted by Gasteiger charge is -2.18. The van der Waals surface area contributed by atoms with Gasteiger partial charge in [0.25, 0.3) is 0 Å². The van der Waals surface area contributed by atoms with Crippen molar-refractivity contribution in [2.75, 3.05) is 0 Å². The van der Waals surface area contributed by atoms with Crippen LogP contribution in [0.3, 0.4) is 0 Å². The third kappa shape index (κ3) is 3.62. The smallest absolute Gasteiger partial charge is 0.0859 e. The Kier molecular flexibility index (Phi) is 4.86. The molecule has 0 N–H and O–H groups in total. The molecular formula is C19H30N6. The molecule has 0 aromatic carbocycles. The van der Waals surface area contributed by atoms with Crippen LogP contribution in [0.15, 0.2) is 0 Å². The zero-order valence-corrected chi connectivity index (χ0v) is 15.6. The highest BCUT2D eigenvalue weighted by Gasteiger charge is 2.20. The number of aromatic nitrogens is 6. The topological polar surface area (TPSA) is 61.4 Å². The van der Waals surface area contributed by atoms with E-state index in [-0.39, 0.29) is 0 Å². The van der Waals surface area contributed by atoms with E-state index >= 15 is 0 Å². The lowest BCUT2D eigenvalue weighted by atomic mass is 9.92. The van der Waals surface area contributed by atoms with Gasteiger partial charge in [-0.3, -0.25) is 0 Å². The van der Waals surface area contributed by atoms with Gasteiger partial charge in [-0.05, 0) is 69.6 Å². The summed E-state index contributed by atoms with van der Waals surface area (Å²) in [6, 6.07) is 0. The number of hydrogen-bond acceptors (Lipinski definition) is 4. The molecule has 2 unspecified atom stereocenters. The Bertz CT molecular complexity index is 655. The van der Waals surface area contributed by atoms with Gasteiger partial charge in [-0.15, -0.1) is 10.2 Å². The number of aryl methyl sites for hydroxylation is 4. The first kappa shape index (κ1) is 16.7. The van der Waals surface area contributed by atoms with E-state index in [0.717, 1.165) is 50.6 Å². The third-order valence-corrected chi connectivity index (χ3v) is 5.96. The molecule has 2 aliphatic carbocycles. The van der Waals surface area contributed by atoms with Gasteiger partial charge in [0.2, 0.25) is 0 Å². The van der Waals surface area contributed by atoms with E-state index in [9.17, 15) is 0 Å². The van der Waals surface area contributed by atoms with Gasteiger partial charge >= 0.3 is 0 Å². The van der Waals surface area contributed by atoms with Crippen LogP contribution in [0.4, 0.5) is 0 Å². The quantitative estimate of drug-likeness (QED) is 0.740. The Hall–Kier alpha value is -1.72. The first-order valence-electron chi connectivity index (χ1n) is 10.0. The van der Waals surface area contributed by atoms with Crippen molar-refractivity contribution >= 4 is 0 Å². The maximum absolute atomic E-state index is 4.34. The molecule has 0 amide bonds. The summed E-state index contributed by atoms with van der Waals surface area (Å²) in [6.07, 6.45) is 10.7. The number of hydrogen-bond donors (Lipinski definition) is 0. The summed E-state index contributed by atoms with van der Waals surface area (Å²) in [6.45, 7) is 6.79. The van der Waals surface area contributed by atoms with Crippen LogP contribution in [0.25, 0.3) is 0 Å². The van der Waals surface area contributed by atoms with E-state index in [1.807, 2.05) is 0 Å². The number of rotatable bonds is 8. The molecule has 0 fully saturated rings. The van der Waals surface area contributed by atoms with Crippen LogP contribution in [0.2, 0.25) is 0 Å². The summed E-state index contributed by atoms with van der Waals surface area (Å²) in [4.78, 5) is 0. The Morgan fingerprint density at radius 1 is 0.760 bits per heavy atom. The summed E-state index contributed by atoms with van der Waals surface area (Å²) in [5, 5.41) is 17.3. The van der Waals surface area contributed by atoms with Crippen molar-refractivity contribution in [2.24, 2.45) is 11.8 Å². The van der Waals surface area contributed by atoms with Crippen LogP contribution in [0, 0.1) is 11.8 Å². The molecule has 25 heavy (non-hydrogen) atoms. The lowest BCUT2D eigenvalue weighted by Crippen LogP contribution is -2.13. The Morgan fingerprint density at radius 2 is 1.24 bits per heavy atom. The van der Waals surface area contributed by atoms with E-state index in [1.54, 1.807) is 0 Å². The normalized spacial score (nSPS) is 18.3. The van der Waals surface area contributed by atoms with E-state index in [0.29, 0.717) is 0 Å². The fourth-order valence-electron chi connectivity index (χ4n) is 4.49. The zero-order chi connectivity index (χ0) is 17.2. The molecular weight excluding hydrogens is 312 g/mol. The number of nitrogens with zero attached hydrogens (tertiary/aromatic N) is 6. The van der Waals surface area contributed by atoms with Crippen LogP contribution in [-0.2, 0) is 38.8 Å². The maximum Gasteiger partial charge on any atom is 0.0859 e. The highest BCUT2D eigenvalue weighted by molar-refractivity contribution is 5.16. The summed E-state index contributed by atoms with van der Waals surface area (Å²) >= 11 is 0. The average Bonchev–Trinajstić information content (AvgIpc) is 3.32. The molecule has 2 aliphatic rings. The molecule has 0 aliphatic heterocycles. The van der Waals surface area contributed by atoms with Crippen molar-refractivity contribution in [3.63, 3.8) is 0 Å². The van der Waals surface area contributed by atoms with Gasteiger partial charge in [0.05, 0.1) is 22.8 Å². The third-order valence-electron chi connectivity index (χ3n) is 5.96. The standard InChI is InChI=1S/C19H30N6/c1-14(9-11-24-18-7-3-5-16(18)20-22-24)13-15(2)10-12-25-19-8-4-6-17(19)21-23-25/h14-15H,3-13H2,1-2H3. The molecule has 6 heteroatoms. The second-order valence-corrected chi connectivity index (χ2v) is 8.14. The predicted octanol–water partition coefficient (Wildman–Crippen LogP) is 2.99. The number of fused-ring (bicyclic) bond motifs is 2. The Morgan fingerprint density at radius 3 is 1.72 bits per heavy atom. The Balaban J connectivity index is 1.21. The SMILES string of the molecule is CC(CCn1nnc2c1CCC2)CC(C)CCn1nnc2c1CCC2. The molecule has 6 nitrogen and oxygen atoms in total. The zero-order valence-electron chi connectivity index (χ0n) is 15.6. The fraction of sp³-hybridized carbons (Fsp3) is 0.789. The summed E-state index contributed by atoms with van der Waals surface area (Å²) < 4.78 is 4.31. The van der Waals surface area contributed by atoms with Crippen LogP contribution < -0.4 is 0 Å². The molecule has 2 aromatic rings. The molecule has 2 aromatic heterocycles. The Labute approximate surface area is 150 Å². The van der Waals surface area contributed by atoms with E-state index in [1.165, 1.54) is 54.9 Å². The molecule has 0 radical (unpaired) electrons. The molecule has 136 valence electrons. The van der Waals surface area contributed by atoms with E-state index in [4.69, 9.17) is 0 Å². The predicted molar refractivity (Wildman–Crippen MR) is 96.3 cm³/mol. The molecule has 0 spiro atoms. The molecule has 0 saturated carbocycles. The van der Waals surface area contributed by atoms with Crippen LogP contribution in [0.1, 0.15) is 68.7 Å². The van der Waals surface area contributed by atoms with Gasteiger partial charge in [-0.1, -0.05) is 24.3 Å². The van der Waals surface area contributed by atoms with Crippen molar-refractivity contribution in [3.05, 3.63) is 22.8 Å². The first-order valence-corrected chi connectivity index (χ1v) is 10.0. The van der Waals surface area contributed by atoms with Gasteiger partial charge in [-0.25, -0.2) is 9.36 Å². The van der Waals surface area contributed by atoms with E-state index < -0.39 is 0 Å². The monoisotopic (exact) mass is 342 g/mol. The fourth-order valence-corrected chi connectivity index (χ4v) is 4.49. The minimum absolute atomic E-state index is 0.720. The lowest BCUT2D eigenvalue weighted by molar-refractivity contribution is 0.335. The van der Waals surface area contributed by atoms with Gasteiger partial charge in [0, 0.05) is 13.1 Å². The first-order chi connectivity index (χ1) is 12.2. The van der Waals surface area contributed by atoms with Crippen molar-refractivity contribution in [3.8, 4) is 0 Å². The molecule has 2 atom stereocenters. The van der Waals surface area contributed by atoms with Crippen LogP contribution in [-0.4, -0.2) is 30.0 Å². The molecule has 2 heterocycles. The second-order valence-electron chi connectivity index (χ2n) is 8.14. The minimum atomic E-state index is 0.720. The maximum atomic E-state index is 4.34. The summed E-state index contributed by atoms with van der Waals surface area (Å²) in [5.74, 6) is 1.44. The van der Waals surface area contributed by atoms with E-state index in [2.05, 4.69) is 43.8 Å². The van der Waals surface area contributed by atoms with Crippen molar-refractivity contribution in [2.45, 2.75) is 84.7 Å². The second kappa shape index (κ2) is 7.26. The van der Waals surface area contributed by atoms with Gasteiger partial charge in [-0.2, -0.15) is 0 Å². The van der Waals surface area contributed by atoms with Crippen molar-refractivity contribution in [1.82, 2.24) is 30.0 Å². The van der Waals surface area contributed by atoms with Gasteiger partial charge in [0.1, 0.15) is 0 Å². The van der Waals surface area contributed by atoms with Crippen molar-refractivity contribution < 1.29 is 0 Å². The largest absolute Gasteiger partial charge is 0.249 e. The molecule has 0 saturated heterocycles. The molecule has 4 rings (SSSR count). The van der Waals surface area contributed by atoms with Gasteiger partial charge in [0.15, 0.2) is 0 Å². The molecule has 0 bridgehead atoms. The summed E-state index contributed by atoms with van der Waals surface area (Å²) in [5.41, 5.74) is 5.25. The highest BCUT2D eigenvalue weighted by atomic mass is 15.4. The van der Waals surface area contributed by atoms with Crippen molar-refractivity contribution in [1.29, 1.82) is 0 Å². The van der Waals surface area contributed by atoms with Crippen LogP contribution >= 0.6 is 0 Å². The summed E-state index contributed by atoms with van der Waals surface area (Å²) in [7, 11) is 0. The average molecular weight is 342 g/mol. The minimum Gasteiger partial charge on any atom is -0.249 e. The van der Waals surface area contributed by atoms with Gasteiger partial charge < -0.3 is 0 Å². The highest BCUT2D eigenvalue weighted by Crippen LogP contribution is 2.24.